The Balaban J connectivity index is 2.07. The van der Waals surface area contributed by atoms with Crippen molar-refractivity contribution in [3.8, 4) is 6.07 Å². The molecule has 0 heterocycles. The second kappa shape index (κ2) is 5.35. The Morgan fingerprint density at radius 3 is 2.57 bits per heavy atom. The number of hydrogen-bond acceptors (Lipinski definition) is 2. The van der Waals surface area contributed by atoms with Gasteiger partial charge < -0.3 is 5.11 Å². The van der Waals surface area contributed by atoms with Crippen molar-refractivity contribution >= 4 is 0 Å². The van der Waals surface area contributed by atoms with Crippen LogP contribution in [-0.4, -0.2) is 5.11 Å². The molecule has 2 aromatic carbocycles. The molecule has 1 atom stereocenters. The van der Waals surface area contributed by atoms with Crippen molar-refractivity contribution in [3.63, 3.8) is 0 Å². The fraction of sp³-hybridized carbons (Fsp3) is 0.316. The van der Waals surface area contributed by atoms with Crippen LogP contribution in [0, 0.1) is 11.3 Å². The van der Waals surface area contributed by atoms with Crippen molar-refractivity contribution in [1.82, 2.24) is 0 Å². The summed E-state index contributed by atoms with van der Waals surface area (Å²) in [4.78, 5) is 0. The zero-order valence-electron chi connectivity index (χ0n) is 12.2. The van der Waals surface area contributed by atoms with E-state index in [1.54, 1.807) is 12.1 Å². The molecular weight excluding hydrogens is 258 g/mol. The first-order valence-corrected chi connectivity index (χ1v) is 7.45. The maximum atomic E-state index is 11.1. The molecule has 106 valence electrons. The smallest absolute Gasteiger partial charge is 0.112 e. The molecule has 1 saturated carbocycles. The van der Waals surface area contributed by atoms with Gasteiger partial charge in [-0.25, -0.2) is 0 Å². The Kier molecular flexibility index (Phi) is 3.53. The van der Waals surface area contributed by atoms with E-state index >= 15 is 0 Å². The maximum absolute atomic E-state index is 11.1. The molecule has 2 nitrogen and oxygen atoms in total. The van der Waals surface area contributed by atoms with Gasteiger partial charge in [-0.05, 0) is 54.5 Å². The normalized spacial score (nSPS) is 17.6. The van der Waals surface area contributed by atoms with Gasteiger partial charge in [-0.1, -0.05) is 42.8 Å². The predicted molar refractivity (Wildman–Crippen MR) is 82.9 cm³/mol. The second-order valence-corrected chi connectivity index (χ2v) is 5.98. The van der Waals surface area contributed by atoms with E-state index in [0.717, 1.165) is 11.1 Å². The molecular formula is C19H19NO. The van der Waals surface area contributed by atoms with Crippen LogP contribution >= 0.6 is 0 Å². The van der Waals surface area contributed by atoms with E-state index in [9.17, 15) is 5.11 Å². The summed E-state index contributed by atoms with van der Waals surface area (Å²) in [5, 5.41) is 20.2. The zero-order valence-corrected chi connectivity index (χ0v) is 12.2. The van der Waals surface area contributed by atoms with Gasteiger partial charge in [-0.3, -0.25) is 0 Å². The Morgan fingerprint density at radius 2 is 1.90 bits per heavy atom. The lowest BCUT2D eigenvalue weighted by molar-refractivity contribution is 0.100. The van der Waals surface area contributed by atoms with E-state index in [-0.39, 0.29) is 0 Å². The molecule has 0 radical (unpaired) electrons. The quantitative estimate of drug-likeness (QED) is 0.918. The van der Waals surface area contributed by atoms with Crippen molar-refractivity contribution in [3.05, 3.63) is 70.8 Å². The summed E-state index contributed by atoms with van der Waals surface area (Å²) in [5.41, 5.74) is 2.49. The lowest BCUT2D eigenvalue weighted by Crippen LogP contribution is -2.26. The van der Waals surface area contributed by atoms with Crippen LogP contribution in [0.25, 0.3) is 0 Å². The number of benzene rings is 2. The highest BCUT2D eigenvalue weighted by atomic mass is 16.3. The van der Waals surface area contributed by atoms with Gasteiger partial charge in [0, 0.05) is 0 Å². The lowest BCUT2D eigenvalue weighted by Gasteiger charge is -2.33. The van der Waals surface area contributed by atoms with E-state index in [4.69, 9.17) is 5.26 Å². The van der Waals surface area contributed by atoms with Crippen molar-refractivity contribution < 1.29 is 5.11 Å². The van der Waals surface area contributed by atoms with Gasteiger partial charge in [0.1, 0.15) is 5.60 Å². The molecule has 1 fully saturated rings. The summed E-state index contributed by atoms with van der Waals surface area (Å²) >= 11 is 0. The van der Waals surface area contributed by atoms with Crippen LogP contribution in [0.3, 0.4) is 0 Å². The first-order chi connectivity index (χ1) is 10.1. The molecule has 1 unspecified atom stereocenters. The van der Waals surface area contributed by atoms with Crippen molar-refractivity contribution in [2.75, 3.05) is 0 Å². The van der Waals surface area contributed by atoms with Crippen molar-refractivity contribution in [2.24, 2.45) is 0 Å². The van der Waals surface area contributed by atoms with Crippen LogP contribution in [0.4, 0.5) is 0 Å². The number of aliphatic hydroxyl groups is 1. The molecule has 21 heavy (non-hydrogen) atoms. The third kappa shape index (κ3) is 2.46. The molecule has 0 aromatic heterocycles. The maximum Gasteiger partial charge on any atom is 0.112 e. The van der Waals surface area contributed by atoms with Gasteiger partial charge in [0.05, 0.1) is 11.6 Å². The minimum absolute atomic E-state index is 0.562. The summed E-state index contributed by atoms with van der Waals surface area (Å²) in [5.74, 6) is 0.562. The Bertz CT molecular complexity index is 693. The van der Waals surface area contributed by atoms with Crippen LogP contribution in [0.15, 0.2) is 48.5 Å². The molecule has 1 N–H and O–H groups in total. The van der Waals surface area contributed by atoms with E-state index in [1.807, 2.05) is 37.3 Å². The Hall–Kier alpha value is -2.11. The average Bonchev–Trinajstić information content (AvgIpc) is 2.46. The fourth-order valence-electron chi connectivity index (χ4n) is 3.06. The van der Waals surface area contributed by atoms with E-state index in [0.29, 0.717) is 11.5 Å². The van der Waals surface area contributed by atoms with E-state index < -0.39 is 5.60 Å². The standard InChI is InChI=1S/C19H19NO/c1-19(21,16-9-4-6-14(12-16)13-20)18-11-3-2-10-17(18)15-7-5-8-15/h2-4,6,9-12,15,21H,5,7-8H2,1H3. The molecule has 0 saturated heterocycles. The molecule has 2 heteroatoms. The average molecular weight is 277 g/mol. The molecule has 1 aliphatic rings. The van der Waals surface area contributed by atoms with Crippen molar-refractivity contribution in [1.29, 1.82) is 5.26 Å². The number of nitriles is 1. The number of rotatable bonds is 3. The fourth-order valence-corrected chi connectivity index (χ4v) is 3.06. The molecule has 3 rings (SSSR count). The Morgan fingerprint density at radius 1 is 1.14 bits per heavy atom. The number of hydrogen-bond donors (Lipinski definition) is 1. The monoisotopic (exact) mass is 277 g/mol. The SMILES string of the molecule is CC(O)(c1cccc(C#N)c1)c1ccccc1C1CCC1. The number of nitrogens with zero attached hydrogens (tertiary/aromatic N) is 1. The summed E-state index contributed by atoms with van der Waals surface area (Å²) in [6.07, 6.45) is 3.67. The Labute approximate surface area is 125 Å². The van der Waals surface area contributed by atoms with Gasteiger partial charge in [0.25, 0.3) is 0 Å². The minimum Gasteiger partial charge on any atom is -0.381 e. The highest BCUT2D eigenvalue weighted by molar-refractivity contribution is 5.45. The molecule has 0 amide bonds. The van der Waals surface area contributed by atoms with Crippen LogP contribution in [-0.2, 0) is 5.60 Å². The van der Waals surface area contributed by atoms with Crippen LogP contribution in [0.1, 0.15) is 54.4 Å². The summed E-state index contributed by atoms with van der Waals surface area (Å²) in [6, 6.07) is 17.5. The molecule has 1 aliphatic carbocycles. The van der Waals surface area contributed by atoms with Crippen molar-refractivity contribution in [2.45, 2.75) is 37.7 Å². The topological polar surface area (TPSA) is 44.0 Å². The third-order valence-corrected chi connectivity index (χ3v) is 4.58. The highest BCUT2D eigenvalue weighted by Crippen LogP contribution is 2.42. The van der Waals surface area contributed by atoms with Gasteiger partial charge in [0.15, 0.2) is 0 Å². The van der Waals surface area contributed by atoms with Crippen LogP contribution in [0.2, 0.25) is 0 Å². The first-order valence-electron chi connectivity index (χ1n) is 7.45. The van der Waals surface area contributed by atoms with E-state index in [1.165, 1.54) is 24.8 Å². The first kappa shape index (κ1) is 13.9. The molecule has 0 bridgehead atoms. The second-order valence-electron chi connectivity index (χ2n) is 5.98. The van der Waals surface area contributed by atoms with E-state index in [2.05, 4.69) is 12.1 Å². The zero-order chi connectivity index (χ0) is 14.9. The van der Waals surface area contributed by atoms with Gasteiger partial charge in [-0.15, -0.1) is 0 Å². The summed E-state index contributed by atoms with van der Waals surface area (Å²) < 4.78 is 0. The molecule has 0 aliphatic heterocycles. The summed E-state index contributed by atoms with van der Waals surface area (Å²) in [6.45, 7) is 1.82. The molecule has 2 aromatic rings. The molecule has 0 spiro atoms. The van der Waals surface area contributed by atoms with Crippen LogP contribution in [0.5, 0.6) is 0 Å². The van der Waals surface area contributed by atoms with Gasteiger partial charge in [0.2, 0.25) is 0 Å². The predicted octanol–water partition coefficient (Wildman–Crippen LogP) is 4.08. The van der Waals surface area contributed by atoms with Gasteiger partial charge in [-0.2, -0.15) is 5.26 Å². The largest absolute Gasteiger partial charge is 0.381 e. The van der Waals surface area contributed by atoms with Gasteiger partial charge >= 0.3 is 0 Å². The van der Waals surface area contributed by atoms with Crippen LogP contribution < -0.4 is 0 Å². The third-order valence-electron chi connectivity index (χ3n) is 4.58. The highest BCUT2D eigenvalue weighted by Gasteiger charge is 2.32. The minimum atomic E-state index is -1.07. The summed E-state index contributed by atoms with van der Waals surface area (Å²) in [7, 11) is 0. The lowest BCUT2D eigenvalue weighted by atomic mass is 9.74.